The Hall–Kier alpha value is -3.41. The van der Waals surface area contributed by atoms with E-state index in [9.17, 15) is 4.79 Å². The lowest BCUT2D eigenvalue weighted by Crippen LogP contribution is -2.11. The molecule has 3 rings (SSSR count). The summed E-state index contributed by atoms with van der Waals surface area (Å²) in [6.45, 7) is 1.36. The lowest BCUT2D eigenvalue weighted by atomic mass is 10.2. The van der Waals surface area contributed by atoms with Crippen molar-refractivity contribution in [1.82, 2.24) is 9.97 Å². The molecule has 0 saturated carbocycles. The van der Waals surface area contributed by atoms with Crippen LogP contribution in [0.5, 0.6) is 5.75 Å². The van der Waals surface area contributed by atoms with Gasteiger partial charge in [-0.15, -0.1) is 0 Å². The van der Waals surface area contributed by atoms with Crippen molar-refractivity contribution in [2.24, 2.45) is 0 Å². The Labute approximate surface area is 158 Å². The SMILES string of the molecule is O=C(Nc1[c]c(OCCCCNc2ncccn2)ccc1)c1ccccc1. The molecule has 137 valence electrons. The van der Waals surface area contributed by atoms with Crippen LogP contribution in [-0.4, -0.2) is 29.0 Å². The van der Waals surface area contributed by atoms with Gasteiger partial charge in [-0.3, -0.25) is 4.79 Å². The summed E-state index contributed by atoms with van der Waals surface area (Å²) in [4.78, 5) is 20.4. The lowest BCUT2D eigenvalue weighted by molar-refractivity contribution is 0.102. The molecule has 1 aromatic heterocycles. The zero-order valence-electron chi connectivity index (χ0n) is 14.9. The topological polar surface area (TPSA) is 76.1 Å². The first kappa shape index (κ1) is 18.4. The van der Waals surface area contributed by atoms with Crippen LogP contribution in [0.15, 0.2) is 67.0 Å². The Kier molecular flexibility index (Phi) is 6.75. The maximum atomic E-state index is 12.2. The molecule has 2 N–H and O–H groups in total. The number of rotatable bonds is 9. The van der Waals surface area contributed by atoms with Gasteiger partial charge in [-0.05, 0) is 43.2 Å². The second kappa shape index (κ2) is 9.91. The van der Waals surface area contributed by atoms with Crippen molar-refractivity contribution in [2.75, 3.05) is 23.8 Å². The second-order valence-electron chi connectivity index (χ2n) is 5.80. The molecule has 2 aromatic carbocycles. The summed E-state index contributed by atoms with van der Waals surface area (Å²) in [5.41, 5.74) is 1.19. The quantitative estimate of drug-likeness (QED) is 0.567. The van der Waals surface area contributed by atoms with E-state index in [1.807, 2.05) is 30.3 Å². The van der Waals surface area contributed by atoms with Crippen molar-refractivity contribution >= 4 is 17.5 Å². The number of unbranched alkanes of at least 4 members (excludes halogenated alkanes) is 1. The zero-order chi connectivity index (χ0) is 18.7. The summed E-state index contributed by atoms with van der Waals surface area (Å²) in [6, 6.07) is 19.4. The van der Waals surface area contributed by atoms with Crippen molar-refractivity contribution in [3.05, 3.63) is 78.6 Å². The van der Waals surface area contributed by atoms with Crippen molar-refractivity contribution < 1.29 is 9.53 Å². The lowest BCUT2D eigenvalue weighted by Gasteiger charge is -2.09. The fourth-order valence-electron chi connectivity index (χ4n) is 2.39. The monoisotopic (exact) mass is 361 g/mol. The third kappa shape index (κ3) is 6.11. The summed E-state index contributed by atoms with van der Waals surface area (Å²) in [5, 5.41) is 5.99. The molecule has 0 saturated heterocycles. The first-order valence-electron chi connectivity index (χ1n) is 8.84. The van der Waals surface area contributed by atoms with Crippen LogP contribution in [0.2, 0.25) is 0 Å². The van der Waals surface area contributed by atoms with Gasteiger partial charge >= 0.3 is 0 Å². The van der Waals surface area contributed by atoms with E-state index in [0.717, 1.165) is 19.4 Å². The number of hydrogen-bond donors (Lipinski definition) is 2. The van der Waals surface area contributed by atoms with E-state index >= 15 is 0 Å². The van der Waals surface area contributed by atoms with E-state index in [4.69, 9.17) is 4.74 Å². The summed E-state index contributed by atoms with van der Waals surface area (Å²) in [5.74, 6) is 1.08. The number of ether oxygens (including phenoxy) is 1. The summed E-state index contributed by atoms with van der Waals surface area (Å²) >= 11 is 0. The highest BCUT2D eigenvalue weighted by atomic mass is 16.5. The first-order valence-corrected chi connectivity index (χ1v) is 8.84. The van der Waals surface area contributed by atoms with Crippen LogP contribution in [0.1, 0.15) is 23.2 Å². The average Bonchev–Trinajstić information content (AvgIpc) is 2.72. The number of nitrogens with zero attached hydrogens (tertiary/aromatic N) is 2. The van der Waals surface area contributed by atoms with Gasteiger partial charge in [0.1, 0.15) is 5.75 Å². The predicted molar refractivity (Wildman–Crippen MR) is 105 cm³/mol. The molecule has 0 unspecified atom stereocenters. The molecule has 0 atom stereocenters. The Balaban J connectivity index is 1.39. The summed E-state index contributed by atoms with van der Waals surface area (Å²) < 4.78 is 5.72. The van der Waals surface area contributed by atoms with Crippen molar-refractivity contribution in [3.63, 3.8) is 0 Å². The van der Waals surface area contributed by atoms with Crippen LogP contribution in [0.25, 0.3) is 0 Å². The highest BCUT2D eigenvalue weighted by molar-refractivity contribution is 6.04. The summed E-state index contributed by atoms with van der Waals surface area (Å²) in [6.07, 6.45) is 5.23. The van der Waals surface area contributed by atoms with Crippen LogP contribution in [0.4, 0.5) is 11.6 Å². The minimum atomic E-state index is -0.168. The van der Waals surface area contributed by atoms with Gasteiger partial charge in [0.2, 0.25) is 5.95 Å². The Morgan fingerprint density at radius 1 is 0.963 bits per heavy atom. The van der Waals surface area contributed by atoms with Gasteiger partial charge in [0.25, 0.3) is 5.91 Å². The van der Waals surface area contributed by atoms with E-state index < -0.39 is 0 Å². The van der Waals surface area contributed by atoms with Crippen LogP contribution >= 0.6 is 0 Å². The fourth-order valence-corrected chi connectivity index (χ4v) is 2.39. The maximum Gasteiger partial charge on any atom is 0.255 e. The average molecular weight is 361 g/mol. The highest BCUT2D eigenvalue weighted by Crippen LogP contribution is 2.17. The number of carbonyl (C=O) groups is 1. The summed E-state index contributed by atoms with van der Waals surface area (Å²) in [7, 11) is 0. The predicted octanol–water partition coefficient (Wildman–Crippen LogP) is 3.80. The molecule has 6 heteroatoms. The van der Waals surface area contributed by atoms with Gasteiger partial charge in [-0.2, -0.15) is 0 Å². The molecule has 6 nitrogen and oxygen atoms in total. The van der Waals surface area contributed by atoms with E-state index in [2.05, 4.69) is 26.7 Å². The molecule has 0 aliphatic rings. The standard InChI is InChI=1S/C21H21N4O2/c26-20(17-8-2-1-3-9-17)25-18-10-6-11-19(16-18)27-15-5-4-12-22-21-23-13-7-14-24-21/h1-3,6-11,13-14H,4-5,12,15H2,(H,25,26)(H,22,23,24). The number of nitrogens with one attached hydrogen (secondary N) is 2. The number of amides is 1. The Morgan fingerprint density at radius 2 is 1.78 bits per heavy atom. The van der Waals surface area contributed by atoms with Crippen molar-refractivity contribution in [3.8, 4) is 5.75 Å². The minimum Gasteiger partial charge on any atom is -0.493 e. The molecule has 0 aliphatic carbocycles. The molecular formula is C21H21N4O2. The van der Waals surface area contributed by atoms with Crippen molar-refractivity contribution in [1.29, 1.82) is 0 Å². The van der Waals surface area contributed by atoms with Crippen LogP contribution < -0.4 is 15.4 Å². The molecule has 1 radical (unpaired) electrons. The van der Waals surface area contributed by atoms with Crippen molar-refractivity contribution in [2.45, 2.75) is 12.8 Å². The Morgan fingerprint density at radius 3 is 2.59 bits per heavy atom. The fraction of sp³-hybridized carbons (Fsp3) is 0.190. The normalized spacial score (nSPS) is 10.2. The van der Waals surface area contributed by atoms with E-state index in [0.29, 0.717) is 29.6 Å². The molecule has 27 heavy (non-hydrogen) atoms. The highest BCUT2D eigenvalue weighted by Gasteiger charge is 2.06. The van der Waals surface area contributed by atoms with Gasteiger partial charge in [-0.25, -0.2) is 9.97 Å². The molecule has 1 amide bonds. The molecule has 1 heterocycles. The molecule has 0 spiro atoms. The van der Waals surface area contributed by atoms with E-state index in [-0.39, 0.29) is 5.91 Å². The third-order valence-electron chi connectivity index (χ3n) is 3.73. The number of anilines is 2. The number of carbonyl (C=O) groups excluding carboxylic acids is 1. The third-order valence-corrected chi connectivity index (χ3v) is 3.73. The largest absolute Gasteiger partial charge is 0.493 e. The number of hydrogen-bond acceptors (Lipinski definition) is 5. The molecule has 3 aromatic rings. The Bertz CT molecular complexity index is 841. The minimum absolute atomic E-state index is 0.168. The molecular weight excluding hydrogens is 340 g/mol. The maximum absolute atomic E-state index is 12.2. The van der Waals surface area contributed by atoms with Gasteiger partial charge in [0.15, 0.2) is 0 Å². The van der Waals surface area contributed by atoms with Crippen LogP contribution in [-0.2, 0) is 0 Å². The van der Waals surface area contributed by atoms with Gasteiger partial charge in [0, 0.05) is 24.5 Å². The smallest absolute Gasteiger partial charge is 0.255 e. The number of aromatic nitrogens is 2. The van der Waals surface area contributed by atoms with E-state index in [1.54, 1.807) is 36.7 Å². The molecule has 0 fully saturated rings. The van der Waals surface area contributed by atoms with Crippen LogP contribution in [0, 0.1) is 6.07 Å². The number of benzene rings is 2. The van der Waals surface area contributed by atoms with Gasteiger partial charge < -0.3 is 15.4 Å². The van der Waals surface area contributed by atoms with Gasteiger partial charge in [-0.1, -0.05) is 24.3 Å². The van der Waals surface area contributed by atoms with Crippen LogP contribution in [0.3, 0.4) is 0 Å². The zero-order valence-corrected chi connectivity index (χ0v) is 14.9. The first-order chi connectivity index (χ1) is 13.3. The molecule has 0 bridgehead atoms. The molecule has 0 aliphatic heterocycles. The van der Waals surface area contributed by atoms with E-state index in [1.165, 1.54) is 0 Å². The van der Waals surface area contributed by atoms with Gasteiger partial charge in [0.05, 0.1) is 18.4 Å². The second-order valence-corrected chi connectivity index (χ2v) is 5.80.